The van der Waals surface area contributed by atoms with Gasteiger partial charge >= 0.3 is 0 Å². The molecule has 1 aliphatic heterocycles. The van der Waals surface area contributed by atoms with E-state index in [2.05, 4.69) is 10.3 Å². The Hall–Kier alpha value is -2.50. The molecule has 1 aromatic carbocycles. The third-order valence-corrected chi connectivity index (χ3v) is 4.56. The molecule has 6 heteroatoms. The first kappa shape index (κ1) is 14.1. The van der Waals surface area contributed by atoms with Gasteiger partial charge in [-0.25, -0.2) is 0 Å². The zero-order chi connectivity index (χ0) is 16.0. The highest BCUT2D eigenvalue weighted by Gasteiger charge is 2.39. The Balaban J connectivity index is 1.47. The van der Waals surface area contributed by atoms with E-state index in [1.54, 1.807) is 7.11 Å². The average Bonchev–Trinajstić information content (AvgIpc) is 3.19. The maximum absolute atomic E-state index is 12.4. The second-order valence-electron chi connectivity index (χ2n) is 6.29. The molecule has 0 spiro atoms. The van der Waals surface area contributed by atoms with E-state index in [1.807, 2.05) is 29.2 Å². The highest BCUT2D eigenvalue weighted by molar-refractivity contribution is 5.98. The van der Waals surface area contributed by atoms with Crippen molar-refractivity contribution in [3.63, 3.8) is 0 Å². The van der Waals surface area contributed by atoms with Gasteiger partial charge in [-0.2, -0.15) is 0 Å². The maximum Gasteiger partial charge on any atom is 0.268 e. The molecule has 1 atom stereocenters. The van der Waals surface area contributed by atoms with Gasteiger partial charge in [-0.05, 0) is 31.0 Å². The van der Waals surface area contributed by atoms with Gasteiger partial charge in [0.05, 0.1) is 13.2 Å². The van der Waals surface area contributed by atoms with Gasteiger partial charge in [-0.15, -0.1) is 0 Å². The van der Waals surface area contributed by atoms with Crippen LogP contribution in [0.2, 0.25) is 0 Å². The molecule has 1 aromatic heterocycles. The van der Waals surface area contributed by atoms with Crippen LogP contribution in [0.1, 0.15) is 29.8 Å². The Morgan fingerprint density at radius 3 is 2.91 bits per heavy atom. The lowest BCUT2D eigenvalue weighted by atomic mass is 10.2. The predicted molar refractivity (Wildman–Crippen MR) is 85.5 cm³/mol. The third-order valence-electron chi connectivity index (χ3n) is 4.56. The van der Waals surface area contributed by atoms with E-state index in [-0.39, 0.29) is 17.9 Å². The summed E-state index contributed by atoms with van der Waals surface area (Å²) in [5.74, 6) is 0.725. The van der Waals surface area contributed by atoms with E-state index < -0.39 is 0 Å². The minimum Gasteiger partial charge on any atom is -0.497 e. The fourth-order valence-corrected chi connectivity index (χ4v) is 3.19. The maximum atomic E-state index is 12.4. The molecule has 0 bridgehead atoms. The molecule has 2 N–H and O–H groups in total. The van der Waals surface area contributed by atoms with Gasteiger partial charge in [0, 0.05) is 36.0 Å². The van der Waals surface area contributed by atoms with Crippen LogP contribution in [-0.2, 0) is 4.79 Å². The number of benzene rings is 1. The number of hydrogen-bond donors (Lipinski definition) is 2. The highest BCUT2D eigenvalue weighted by Crippen LogP contribution is 2.30. The van der Waals surface area contributed by atoms with Crippen LogP contribution in [0.25, 0.3) is 10.9 Å². The third kappa shape index (κ3) is 2.65. The fraction of sp³-hybridized carbons (Fsp3) is 0.412. The number of nitrogens with zero attached hydrogens (tertiary/aromatic N) is 1. The van der Waals surface area contributed by atoms with Crippen LogP contribution in [0.5, 0.6) is 5.75 Å². The molecule has 2 aliphatic rings. The number of aromatic amines is 1. The Morgan fingerprint density at radius 1 is 1.35 bits per heavy atom. The van der Waals surface area contributed by atoms with Gasteiger partial charge in [0.15, 0.2) is 0 Å². The molecule has 120 valence electrons. The summed E-state index contributed by atoms with van der Waals surface area (Å²) in [7, 11) is 1.61. The summed E-state index contributed by atoms with van der Waals surface area (Å²) in [6, 6.07) is 7.76. The number of fused-ring (bicyclic) bond motifs is 1. The van der Waals surface area contributed by atoms with E-state index in [0.717, 1.165) is 29.5 Å². The molecule has 1 saturated carbocycles. The van der Waals surface area contributed by atoms with Crippen LogP contribution in [-0.4, -0.2) is 47.4 Å². The number of likely N-dealkylation sites (tertiary alicyclic amines) is 1. The molecule has 2 amide bonds. The summed E-state index contributed by atoms with van der Waals surface area (Å²) in [6.07, 6.45) is 2.59. The molecule has 1 unspecified atom stereocenters. The van der Waals surface area contributed by atoms with Gasteiger partial charge in [-0.1, -0.05) is 0 Å². The molecular weight excluding hydrogens is 294 g/mol. The van der Waals surface area contributed by atoms with Crippen LogP contribution in [0.4, 0.5) is 0 Å². The number of rotatable bonds is 4. The lowest BCUT2D eigenvalue weighted by molar-refractivity contribution is -0.128. The Labute approximate surface area is 133 Å². The Morgan fingerprint density at radius 2 is 2.17 bits per heavy atom. The number of carbonyl (C=O) groups excluding carboxylic acids is 2. The summed E-state index contributed by atoms with van der Waals surface area (Å²) >= 11 is 0. The second-order valence-corrected chi connectivity index (χ2v) is 6.29. The van der Waals surface area contributed by atoms with Crippen molar-refractivity contribution in [2.75, 3.05) is 13.7 Å². The highest BCUT2D eigenvalue weighted by atomic mass is 16.5. The second kappa shape index (κ2) is 5.30. The number of methoxy groups -OCH3 is 1. The Kier molecular flexibility index (Phi) is 3.25. The number of H-pyrrole nitrogens is 1. The van der Waals surface area contributed by atoms with Gasteiger partial charge in [0.1, 0.15) is 11.4 Å². The number of hydrogen-bond acceptors (Lipinski definition) is 3. The smallest absolute Gasteiger partial charge is 0.268 e. The minimum absolute atomic E-state index is 0.100. The molecule has 2 aromatic rings. The quantitative estimate of drug-likeness (QED) is 0.901. The van der Waals surface area contributed by atoms with Gasteiger partial charge in [-0.3, -0.25) is 9.59 Å². The van der Waals surface area contributed by atoms with Crippen molar-refractivity contribution in [2.45, 2.75) is 31.3 Å². The number of carbonyl (C=O) groups is 2. The van der Waals surface area contributed by atoms with Crippen LogP contribution in [0, 0.1) is 0 Å². The first-order valence-electron chi connectivity index (χ1n) is 7.91. The van der Waals surface area contributed by atoms with Crippen LogP contribution < -0.4 is 10.1 Å². The summed E-state index contributed by atoms with van der Waals surface area (Å²) in [6.45, 7) is 0.628. The summed E-state index contributed by atoms with van der Waals surface area (Å²) in [5.41, 5.74) is 1.36. The standard InChI is InChI=1S/C17H19N3O3/c1-23-13-5-2-10-6-15(19-14(10)8-13)17(22)18-11-7-16(21)20(9-11)12-3-4-12/h2,5-6,8,11-12,19H,3-4,7,9H2,1H3,(H,18,22). The molecule has 0 radical (unpaired) electrons. The first-order chi connectivity index (χ1) is 11.1. The van der Waals surface area contributed by atoms with E-state index in [4.69, 9.17) is 4.74 Å². The average molecular weight is 313 g/mol. The Bertz CT molecular complexity index is 778. The van der Waals surface area contributed by atoms with Gasteiger partial charge < -0.3 is 19.9 Å². The molecule has 1 saturated heterocycles. The first-order valence-corrected chi connectivity index (χ1v) is 7.91. The van der Waals surface area contributed by atoms with Crippen molar-refractivity contribution in [1.29, 1.82) is 0 Å². The molecule has 2 heterocycles. The van der Waals surface area contributed by atoms with E-state index >= 15 is 0 Å². The summed E-state index contributed by atoms with van der Waals surface area (Å²) in [5, 5.41) is 3.92. The van der Waals surface area contributed by atoms with E-state index in [9.17, 15) is 9.59 Å². The van der Waals surface area contributed by atoms with Gasteiger partial charge in [0.2, 0.25) is 5.91 Å². The lowest BCUT2D eigenvalue weighted by Gasteiger charge is -2.15. The lowest BCUT2D eigenvalue weighted by Crippen LogP contribution is -2.37. The normalized spacial score (nSPS) is 21.0. The van der Waals surface area contributed by atoms with Crippen LogP contribution >= 0.6 is 0 Å². The van der Waals surface area contributed by atoms with Crippen molar-refractivity contribution >= 4 is 22.7 Å². The monoisotopic (exact) mass is 313 g/mol. The molecule has 4 rings (SSSR count). The van der Waals surface area contributed by atoms with Crippen molar-refractivity contribution in [3.8, 4) is 5.75 Å². The summed E-state index contributed by atoms with van der Waals surface area (Å²) < 4.78 is 5.19. The van der Waals surface area contributed by atoms with Crippen LogP contribution in [0.3, 0.4) is 0 Å². The molecule has 1 aliphatic carbocycles. The molecule has 2 fully saturated rings. The molecule has 6 nitrogen and oxygen atoms in total. The van der Waals surface area contributed by atoms with Crippen molar-refractivity contribution in [1.82, 2.24) is 15.2 Å². The van der Waals surface area contributed by atoms with Crippen LogP contribution in [0.15, 0.2) is 24.3 Å². The van der Waals surface area contributed by atoms with E-state index in [1.165, 1.54) is 0 Å². The largest absolute Gasteiger partial charge is 0.497 e. The zero-order valence-electron chi connectivity index (χ0n) is 13.0. The number of aromatic nitrogens is 1. The fourth-order valence-electron chi connectivity index (χ4n) is 3.19. The predicted octanol–water partition coefficient (Wildman–Crippen LogP) is 1.67. The molecule has 23 heavy (non-hydrogen) atoms. The number of ether oxygens (including phenoxy) is 1. The number of nitrogens with one attached hydrogen (secondary N) is 2. The zero-order valence-corrected chi connectivity index (χ0v) is 13.0. The topological polar surface area (TPSA) is 74.4 Å². The minimum atomic E-state index is -0.171. The van der Waals surface area contributed by atoms with Crippen molar-refractivity contribution in [3.05, 3.63) is 30.0 Å². The van der Waals surface area contributed by atoms with Crippen molar-refractivity contribution < 1.29 is 14.3 Å². The van der Waals surface area contributed by atoms with Gasteiger partial charge in [0.25, 0.3) is 5.91 Å². The molecular formula is C17H19N3O3. The van der Waals surface area contributed by atoms with E-state index in [0.29, 0.717) is 24.7 Å². The number of amides is 2. The summed E-state index contributed by atoms with van der Waals surface area (Å²) in [4.78, 5) is 29.4. The van der Waals surface area contributed by atoms with Crippen molar-refractivity contribution in [2.24, 2.45) is 0 Å². The SMILES string of the molecule is COc1ccc2cc(C(=O)NC3CC(=O)N(C4CC4)C3)[nH]c2c1.